The van der Waals surface area contributed by atoms with Crippen LogP contribution < -0.4 is 10.6 Å². The van der Waals surface area contributed by atoms with Gasteiger partial charge in [-0.1, -0.05) is 24.4 Å². The third kappa shape index (κ3) is 1.50. The third-order valence-electron chi connectivity index (χ3n) is 3.89. The van der Waals surface area contributed by atoms with Crippen LogP contribution in [0, 0.1) is 5.92 Å². The van der Waals surface area contributed by atoms with Crippen molar-refractivity contribution in [2.45, 2.75) is 25.3 Å². The van der Waals surface area contributed by atoms with E-state index in [1.54, 1.807) is 0 Å². The molecule has 1 saturated heterocycles. The summed E-state index contributed by atoms with van der Waals surface area (Å²) in [5.74, 6) is 0.893. The molecular formula is C13H16N2S. The summed E-state index contributed by atoms with van der Waals surface area (Å²) in [5, 5.41) is 0. The van der Waals surface area contributed by atoms with E-state index in [9.17, 15) is 0 Å². The lowest BCUT2D eigenvalue weighted by Gasteiger charge is -2.30. The summed E-state index contributed by atoms with van der Waals surface area (Å²) in [4.78, 5) is 3.02. The smallest absolute Gasteiger partial charge is 0.106 e. The lowest BCUT2D eigenvalue weighted by atomic mass is 10.1. The minimum Gasteiger partial charge on any atom is -0.389 e. The molecular weight excluding hydrogens is 216 g/mol. The highest BCUT2D eigenvalue weighted by Gasteiger charge is 2.38. The minimum absolute atomic E-state index is 0.512. The van der Waals surface area contributed by atoms with Gasteiger partial charge in [0.1, 0.15) is 4.99 Å². The van der Waals surface area contributed by atoms with Gasteiger partial charge < -0.3 is 10.6 Å². The molecule has 0 radical (unpaired) electrons. The molecule has 0 spiro atoms. The third-order valence-corrected chi connectivity index (χ3v) is 4.11. The second-order valence-corrected chi connectivity index (χ2v) is 5.31. The average Bonchev–Trinajstić information content (AvgIpc) is 2.90. The molecule has 2 N–H and O–H groups in total. The fourth-order valence-electron chi connectivity index (χ4n) is 3.15. The molecule has 16 heavy (non-hydrogen) atoms. The van der Waals surface area contributed by atoms with E-state index in [1.807, 2.05) is 12.1 Å². The molecule has 1 aliphatic carbocycles. The van der Waals surface area contributed by atoms with Crippen LogP contribution in [0.5, 0.6) is 0 Å². The fourth-order valence-corrected chi connectivity index (χ4v) is 3.32. The molecule has 1 saturated carbocycles. The number of para-hydroxylation sites is 1. The Balaban J connectivity index is 1.97. The maximum atomic E-state index is 5.79. The zero-order chi connectivity index (χ0) is 11.1. The van der Waals surface area contributed by atoms with Crippen LogP contribution in [0.15, 0.2) is 24.3 Å². The van der Waals surface area contributed by atoms with Gasteiger partial charge in [0, 0.05) is 23.8 Å². The Morgan fingerprint density at radius 1 is 1.31 bits per heavy atom. The van der Waals surface area contributed by atoms with Crippen LogP contribution in [-0.2, 0) is 0 Å². The van der Waals surface area contributed by atoms with E-state index in [4.69, 9.17) is 18.0 Å². The molecule has 3 rings (SSSR count). The largest absolute Gasteiger partial charge is 0.389 e. The van der Waals surface area contributed by atoms with Crippen LogP contribution in [0.3, 0.4) is 0 Å². The molecule has 1 heterocycles. The van der Waals surface area contributed by atoms with Gasteiger partial charge >= 0.3 is 0 Å². The van der Waals surface area contributed by atoms with Crippen molar-refractivity contribution < 1.29 is 0 Å². The Morgan fingerprint density at radius 3 is 2.75 bits per heavy atom. The van der Waals surface area contributed by atoms with E-state index in [2.05, 4.69) is 17.0 Å². The minimum atomic E-state index is 0.512. The van der Waals surface area contributed by atoms with Gasteiger partial charge in [0.15, 0.2) is 0 Å². The van der Waals surface area contributed by atoms with Crippen molar-refractivity contribution in [2.75, 3.05) is 11.4 Å². The fraction of sp³-hybridized carbons (Fsp3) is 0.462. The molecule has 0 amide bonds. The summed E-state index contributed by atoms with van der Waals surface area (Å²) in [6.07, 6.45) is 4.08. The molecule has 3 heteroatoms. The van der Waals surface area contributed by atoms with E-state index in [-0.39, 0.29) is 0 Å². The number of hydrogen-bond donors (Lipinski definition) is 1. The van der Waals surface area contributed by atoms with Crippen molar-refractivity contribution in [1.82, 2.24) is 0 Å². The zero-order valence-corrected chi connectivity index (χ0v) is 10.0. The molecule has 2 unspecified atom stereocenters. The number of benzene rings is 1. The quantitative estimate of drug-likeness (QED) is 0.793. The van der Waals surface area contributed by atoms with Crippen LogP contribution in [-0.4, -0.2) is 17.6 Å². The Kier molecular flexibility index (Phi) is 2.36. The van der Waals surface area contributed by atoms with E-state index >= 15 is 0 Å². The highest BCUT2D eigenvalue weighted by atomic mass is 32.1. The van der Waals surface area contributed by atoms with Gasteiger partial charge in [-0.25, -0.2) is 0 Å². The van der Waals surface area contributed by atoms with Gasteiger partial charge in [0.05, 0.1) is 0 Å². The summed E-state index contributed by atoms with van der Waals surface area (Å²) in [5.41, 5.74) is 8.06. The monoisotopic (exact) mass is 232 g/mol. The van der Waals surface area contributed by atoms with Crippen LogP contribution in [0.4, 0.5) is 5.69 Å². The molecule has 2 aliphatic rings. The SMILES string of the molecule is NC(=S)c1ccccc1N1CC2CCC1C2. The number of thiocarbonyl (C=S) groups is 1. The number of piperidine rings is 1. The van der Waals surface area contributed by atoms with Crippen molar-refractivity contribution in [1.29, 1.82) is 0 Å². The van der Waals surface area contributed by atoms with Crippen molar-refractivity contribution >= 4 is 22.9 Å². The first-order chi connectivity index (χ1) is 7.75. The molecule has 2 atom stereocenters. The van der Waals surface area contributed by atoms with Gasteiger partial charge in [-0.2, -0.15) is 0 Å². The van der Waals surface area contributed by atoms with E-state index in [0.717, 1.165) is 17.5 Å². The van der Waals surface area contributed by atoms with Gasteiger partial charge in [-0.3, -0.25) is 0 Å². The van der Waals surface area contributed by atoms with E-state index in [1.165, 1.54) is 31.5 Å². The number of fused-ring (bicyclic) bond motifs is 2. The topological polar surface area (TPSA) is 29.3 Å². The predicted octanol–water partition coefficient (Wildman–Crippen LogP) is 2.31. The van der Waals surface area contributed by atoms with Crippen LogP contribution >= 0.6 is 12.2 Å². The van der Waals surface area contributed by atoms with Crippen molar-refractivity contribution in [3.05, 3.63) is 29.8 Å². The maximum absolute atomic E-state index is 5.79. The summed E-state index contributed by atoms with van der Waals surface area (Å²) >= 11 is 5.12. The first-order valence-electron chi connectivity index (χ1n) is 5.91. The second kappa shape index (κ2) is 3.74. The summed E-state index contributed by atoms with van der Waals surface area (Å²) < 4.78 is 0. The molecule has 1 aromatic carbocycles. The van der Waals surface area contributed by atoms with Gasteiger partial charge in [-0.15, -0.1) is 0 Å². The van der Waals surface area contributed by atoms with Gasteiger partial charge in [0.2, 0.25) is 0 Å². The number of rotatable bonds is 2. The van der Waals surface area contributed by atoms with Gasteiger partial charge in [0.25, 0.3) is 0 Å². The highest BCUT2D eigenvalue weighted by molar-refractivity contribution is 7.80. The van der Waals surface area contributed by atoms with E-state index in [0.29, 0.717) is 4.99 Å². The molecule has 84 valence electrons. The number of anilines is 1. The van der Waals surface area contributed by atoms with Crippen LogP contribution in [0.25, 0.3) is 0 Å². The summed E-state index contributed by atoms with van der Waals surface area (Å²) in [6, 6.07) is 8.98. The molecule has 2 nitrogen and oxygen atoms in total. The van der Waals surface area contributed by atoms with E-state index < -0.39 is 0 Å². The standard InChI is InChI=1S/C13H16N2S/c14-13(16)11-3-1-2-4-12(11)15-8-9-5-6-10(15)7-9/h1-4,9-10H,5-8H2,(H2,14,16). The van der Waals surface area contributed by atoms with Crippen LogP contribution in [0.2, 0.25) is 0 Å². The van der Waals surface area contributed by atoms with Crippen LogP contribution in [0.1, 0.15) is 24.8 Å². The van der Waals surface area contributed by atoms with Gasteiger partial charge in [-0.05, 0) is 37.3 Å². The number of hydrogen-bond acceptors (Lipinski definition) is 2. The Bertz CT molecular complexity index is 430. The highest BCUT2D eigenvalue weighted by Crippen LogP contribution is 2.41. The first kappa shape index (κ1) is 10.1. The average molecular weight is 232 g/mol. The Morgan fingerprint density at radius 2 is 2.12 bits per heavy atom. The molecule has 2 fully saturated rings. The Hall–Kier alpha value is -1.09. The second-order valence-electron chi connectivity index (χ2n) is 4.87. The molecule has 2 bridgehead atoms. The number of nitrogens with two attached hydrogens (primary N) is 1. The van der Waals surface area contributed by atoms with Crippen molar-refractivity contribution in [2.24, 2.45) is 11.7 Å². The molecule has 1 aliphatic heterocycles. The lowest BCUT2D eigenvalue weighted by molar-refractivity contribution is 0.553. The summed E-state index contributed by atoms with van der Waals surface area (Å²) in [6.45, 7) is 1.18. The number of nitrogens with zero attached hydrogens (tertiary/aromatic N) is 1. The summed E-state index contributed by atoms with van der Waals surface area (Å²) in [7, 11) is 0. The molecule has 0 aromatic heterocycles. The maximum Gasteiger partial charge on any atom is 0.106 e. The lowest BCUT2D eigenvalue weighted by Crippen LogP contribution is -2.33. The van der Waals surface area contributed by atoms with Crippen molar-refractivity contribution in [3.8, 4) is 0 Å². The Labute approximate surface area is 101 Å². The predicted molar refractivity (Wildman–Crippen MR) is 70.8 cm³/mol. The first-order valence-corrected chi connectivity index (χ1v) is 6.32. The normalized spacial score (nSPS) is 27.4. The zero-order valence-electron chi connectivity index (χ0n) is 9.23. The molecule has 1 aromatic rings. The van der Waals surface area contributed by atoms with Crippen molar-refractivity contribution in [3.63, 3.8) is 0 Å².